The number of amides is 3. The minimum absolute atomic E-state index is 0.0659. The molecule has 0 spiro atoms. The molecule has 0 saturated heterocycles. The highest BCUT2D eigenvalue weighted by Crippen LogP contribution is 2.30. The maximum Gasteiger partial charge on any atom is 0.416 e. The zero-order valence-corrected chi connectivity index (χ0v) is 14.4. The number of anilines is 1. The van der Waals surface area contributed by atoms with Crippen molar-refractivity contribution in [2.45, 2.75) is 19.5 Å². The van der Waals surface area contributed by atoms with Gasteiger partial charge in [0.05, 0.1) is 5.56 Å². The molecule has 2 aromatic carbocycles. The van der Waals surface area contributed by atoms with Gasteiger partial charge in [0.2, 0.25) is 0 Å². The number of rotatable bonds is 5. The van der Waals surface area contributed by atoms with Crippen LogP contribution in [-0.4, -0.2) is 18.5 Å². The Morgan fingerprint density at radius 3 is 2.37 bits per heavy atom. The number of aryl methyl sites for hydroxylation is 1. The van der Waals surface area contributed by atoms with Crippen molar-refractivity contribution < 1.29 is 27.5 Å². The maximum absolute atomic E-state index is 12.6. The minimum Gasteiger partial charge on any atom is -0.484 e. The van der Waals surface area contributed by atoms with Crippen molar-refractivity contribution in [2.24, 2.45) is 0 Å². The second-order valence-electron chi connectivity index (χ2n) is 5.49. The number of halogens is 3. The number of hydrogen-bond acceptors (Lipinski definition) is 3. The normalized spacial score (nSPS) is 10.8. The van der Waals surface area contributed by atoms with Crippen LogP contribution in [0.1, 0.15) is 18.1 Å². The third-order valence-electron chi connectivity index (χ3n) is 3.46. The van der Waals surface area contributed by atoms with Crippen LogP contribution >= 0.6 is 0 Å². The molecule has 6 nitrogen and oxygen atoms in total. The first-order chi connectivity index (χ1) is 12.8. The van der Waals surface area contributed by atoms with Crippen LogP contribution in [0.5, 0.6) is 5.75 Å². The van der Waals surface area contributed by atoms with E-state index in [4.69, 9.17) is 4.74 Å². The van der Waals surface area contributed by atoms with Gasteiger partial charge in [-0.2, -0.15) is 13.2 Å². The Balaban J connectivity index is 1.77. The summed E-state index contributed by atoms with van der Waals surface area (Å²) in [5.41, 5.74) is 4.29. The van der Waals surface area contributed by atoms with Gasteiger partial charge in [0.15, 0.2) is 6.61 Å². The number of alkyl halides is 3. The molecular weight excluding hydrogens is 363 g/mol. The Labute approximate surface area is 153 Å². The van der Waals surface area contributed by atoms with Gasteiger partial charge in [-0.25, -0.2) is 10.2 Å². The van der Waals surface area contributed by atoms with E-state index < -0.39 is 23.7 Å². The summed E-state index contributed by atoms with van der Waals surface area (Å²) in [5.74, 6) is -0.135. The van der Waals surface area contributed by atoms with E-state index in [0.29, 0.717) is 5.75 Å². The molecule has 27 heavy (non-hydrogen) atoms. The lowest BCUT2D eigenvalue weighted by molar-refractivity contribution is -0.137. The van der Waals surface area contributed by atoms with Gasteiger partial charge in [-0.15, -0.1) is 0 Å². The fourth-order valence-corrected chi connectivity index (χ4v) is 2.07. The Morgan fingerprint density at radius 1 is 1.04 bits per heavy atom. The van der Waals surface area contributed by atoms with Crippen LogP contribution in [0.4, 0.5) is 23.7 Å². The summed E-state index contributed by atoms with van der Waals surface area (Å²) in [5, 5.41) is 2.19. The molecule has 0 aromatic heterocycles. The van der Waals surface area contributed by atoms with Crippen LogP contribution in [0.2, 0.25) is 0 Å². The van der Waals surface area contributed by atoms with E-state index in [9.17, 15) is 22.8 Å². The molecule has 0 heterocycles. The second kappa shape index (κ2) is 8.93. The zero-order chi connectivity index (χ0) is 19.9. The highest BCUT2D eigenvalue weighted by molar-refractivity contribution is 5.91. The average molecular weight is 381 g/mol. The first kappa shape index (κ1) is 20.1. The first-order valence-corrected chi connectivity index (χ1v) is 8.02. The highest BCUT2D eigenvalue weighted by atomic mass is 19.4. The van der Waals surface area contributed by atoms with Crippen molar-refractivity contribution >= 4 is 17.6 Å². The van der Waals surface area contributed by atoms with E-state index in [1.54, 1.807) is 12.1 Å². The van der Waals surface area contributed by atoms with Crippen molar-refractivity contribution in [3.8, 4) is 5.75 Å². The standard InChI is InChI=1S/C18H18F3N3O3/c1-2-12-6-8-15(9-7-12)27-11-16(25)23-24-17(26)22-14-5-3-4-13(10-14)18(19,20)21/h3-10H,2,11H2,1H3,(H,23,25)(H2,22,24,26). The summed E-state index contributed by atoms with van der Waals surface area (Å²) in [6.07, 6.45) is -3.64. The number of carbonyl (C=O) groups excluding carboxylic acids is 2. The lowest BCUT2D eigenvalue weighted by atomic mass is 10.2. The fraction of sp³-hybridized carbons (Fsp3) is 0.222. The number of carbonyl (C=O) groups is 2. The van der Waals surface area contributed by atoms with Crippen molar-refractivity contribution in [1.82, 2.24) is 10.9 Å². The largest absolute Gasteiger partial charge is 0.484 e. The van der Waals surface area contributed by atoms with Gasteiger partial charge in [0.1, 0.15) is 5.75 Å². The predicted octanol–water partition coefficient (Wildman–Crippen LogP) is 3.50. The number of hydrogen-bond donors (Lipinski definition) is 3. The van der Waals surface area contributed by atoms with Gasteiger partial charge in [0.25, 0.3) is 5.91 Å². The van der Waals surface area contributed by atoms with E-state index in [-0.39, 0.29) is 12.3 Å². The number of nitrogens with one attached hydrogen (secondary N) is 3. The maximum atomic E-state index is 12.6. The fourth-order valence-electron chi connectivity index (χ4n) is 2.07. The molecule has 0 radical (unpaired) electrons. The van der Waals surface area contributed by atoms with Gasteiger partial charge in [0, 0.05) is 5.69 Å². The van der Waals surface area contributed by atoms with Crippen LogP contribution in [0, 0.1) is 0 Å². The third-order valence-corrected chi connectivity index (χ3v) is 3.46. The van der Waals surface area contributed by atoms with E-state index >= 15 is 0 Å². The quantitative estimate of drug-likeness (QED) is 0.694. The second-order valence-corrected chi connectivity index (χ2v) is 5.49. The summed E-state index contributed by atoms with van der Waals surface area (Å²) >= 11 is 0. The molecule has 0 atom stereocenters. The van der Waals surface area contributed by atoms with Crippen LogP contribution in [-0.2, 0) is 17.4 Å². The van der Waals surface area contributed by atoms with Gasteiger partial charge in [-0.1, -0.05) is 25.1 Å². The molecule has 0 aliphatic carbocycles. The van der Waals surface area contributed by atoms with E-state index in [0.717, 1.165) is 30.2 Å². The first-order valence-electron chi connectivity index (χ1n) is 8.02. The topological polar surface area (TPSA) is 79.5 Å². The van der Waals surface area contributed by atoms with Gasteiger partial charge in [-0.05, 0) is 42.3 Å². The van der Waals surface area contributed by atoms with Crippen LogP contribution in [0.15, 0.2) is 48.5 Å². The lowest BCUT2D eigenvalue weighted by Gasteiger charge is -2.11. The highest BCUT2D eigenvalue weighted by Gasteiger charge is 2.30. The number of hydrazine groups is 1. The van der Waals surface area contributed by atoms with Crippen molar-refractivity contribution in [3.05, 3.63) is 59.7 Å². The smallest absolute Gasteiger partial charge is 0.416 e. The van der Waals surface area contributed by atoms with Crippen molar-refractivity contribution in [2.75, 3.05) is 11.9 Å². The van der Waals surface area contributed by atoms with Crippen LogP contribution in [0.3, 0.4) is 0 Å². The summed E-state index contributed by atoms with van der Waals surface area (Å²) in [4.78, 5) is 23.3. The molecule has 0 aliphatic heterocycles. The molecule has 9 heteroatoms. The molecule has 144 valence electrons. The average Bonchev–Trinajstić information content (AvgIpc) is 2.64. The molecule has 0 fully saturated rings. The van der Waals surface area contributed by atoms with Crippen LogP contribution in [0.25, 0.3) is 0 Å². The van der Waals surface area contributed by atoms with E-state index in [1.807, 2.05) is 24.5 Å². The zero-order valence-electron chi connectivity index (χ0n) is 14.4. The summed E-state index contributed by atoms with van der Waals surface area (Å²) in [7, 11) is 0. The molecule has 3 N–H and O–H groups in total. The SMILES string of the molecule is CCc1ccc(OCC(=O)NNC(=O)Nc2cccc(C(F)(F)F)c2)cc1. The molecule has 2 rings (SSSR count). The van der Waals surface area contributed by atoms with Gasteiger partial charge < -0.3 is 10.1 Å². The van der Waals surface area contributed by atoms with Crippen LogP contribution < -0.4 is 20.9 Å². The Kier molecular flexibility index (Phi) is 6.64. The molecule has 0 saturated carbocycles. The molecule has 0 unspecified atom stereocenters. The Morgan fingerprint density at radius 2 is 1.74 bits per heavy atom. The molecular formula is C18H18F3N3O3. The number of benzene rings is 2. The van der Waals surface area contributed by atoms with Gasteiger partial charge >= 0.3 is 12.2 Å². The monoisotopic (exact) mass is 381 g/mol. The van der Waals surface area contributed by atoms with Crippen molar-refractivity contribution in [3.63, 3.8) is 0 Å². The molecule has 0 aliphatic rings. The summed E-state index contributed by atoms with van der Waals surface area (Å²) in [6, 6.07) is 10.4. The number of ether oxygens (including phenoxy) is 1. The molecule has 2 aromatic rings. The lowest BCUT2D eigenvalue weighted by Crippen LogP contribution is -2.45. The molecule has 0 bridgehead atoms. The Hall–Kier alpha value is -3.23. The minimum atomic E-state index is -4.52. The summed E-state index contributed by atoms with van der Waals surface area (Å²) < 4.78 is 43.1. The van der Waals surface area contributed by atoms with Crippen molar-refractivity contribution in [1.29, 1.82) is 0 Å². The number of urea groups is 1. The van der Waals surface area contributed by atoms with E-state index in [2.05, 4.69) is 10.7 Å². The van der Waals surface area contributed by atoms with E-state index in [1.165, 1.54) is 6.07 Å². The van der Waals surface area contributed by atoms with Gasteiger partial charge in [-0.3, -0.25) is 10.2 Å². The summed E-state index contributed by atoms with van der Waals surface area (Å²) in [6.45, 7) is 1.68. The molecule has 3 amide bonds. The third kappa shape index (κ3) is 6.53. The predicted molar refractivity (Wildman–Crippen MR) is 93.1 cm³/mol. The Bertz CT molecular complexity index is 792.